The van der Waals surface area contributed by atoms with Crippen LogP contribution < -0.4 is 5.32 Å². The van der Waals surface area contributed by atoms with E-state index >= 15 is 0 Å². The Bertz CT molecular complexity index is 810. The van der Waals surface area contributed by atoms with Crippen LogP contribution in [0, 0.1) is 5.92 Å². The van der Waals surface area contributed by atoms with E-state index in [0.717, 1.165) is 11.1 Å². The largest absolute Gasteiger partial charge is 0.463 e. The molecule has 0 bridgehead atoms. The first-order chi connectivity index (χ1) is 15.9. The van der Waals surface area contributed by atoms with Crippen LogP contribution in [0.2, 0.25) is 18.1 Å². The molecule has 0 aliphatic rings. The molecular formula is C28H49NO5Si. The van der Waals surface area contributed by atoms with Crippen LogP contribution in [0.15, 0.2) is 47.6 Å². The van der Waals surface area contributed by atoms with Gasteiger partial charge in [0.25, 0.3) is 0 Å². The molecule has 1 N–H and O–H groups in total. The summed E-state index contributed by atoms with van der Waals surface area (Å²) in [5, 5.41) is 2.86. The number of hydrogen-bond acceptors (Lipinski definition) is 5. The summed E-state index contributed by atoms with van der Waals surface area (Å²) in [7, 11) is -2.04. The Hall–Kier alpha value is -2.12. The summed E-state index contributed by atoms with van der Waals surface area (Å²) in [6.45, 7) is 25.4. The Morgan fingerprint density at radius 2 is 1.60 bits per heavy atom. The van der Waals surface area contributed by atoms with E-state index < -0.39 is 20.0 Å². The average Bonchev–Trinajstić information content (AvgIpc) is 2.69. The standard InChI is InChI=1S/C28H49NO5Si/c1-13-32-24(30)17-15-14-16-22(3)25(34-35(11,12)28(8,9)10)23(4)19-18-21(2)20-29-26(31)33-27(5,6)7/h14-19,22,25H,13,20H2,1-12H3,(H,29,31)/b16-14+,17-15+,21-18+,23-19+/t22-,25+/m1/s1. The maximum Gasteiger partial charge on any atom is 0.407 e. The molecule has 0 unspecified atom stereocenters. The zero-order valence-electron chi connectivity index (χ0n) is 24.1. The van der Waals surface area contributed by atoms with E-state index in [1.807, 2.05) is 45.9 Å². The lowest BCUT2D eigenvalue weighted by atomic mass is 9.97. The molecule has 7 heteroatoms. The third-order valence-electron chi connectivity index (χ3n) is 5.74. The molecule has 0 radical (unpaired) electrons. The number of esters is 1. The fraction of sp³-hybridized carbons (Fsp3) is 0.643. The molecule has 0 aliphatic heterocycles. The Balaban J connectivity index is 5.60. The molecule has 200 valence electrons. The van der Waals surface area contributed by atoms with Crippen molar-refractivity contribution in [3.63, 3.8) is 0 Å². The van der Waals surface area contributed by atoms with Gasteiger partial charge in [-0.05, 0) is 65.2 Å². The van der Waals surface area contributed by atoms with Gasteiger partial charge >= 0.3 is 12.1 Å². The summed E-state index contributed by atoms with van der Waals surface area (Å²) in [5.74, 6) is -0.267. The van der Waals surface area contributed by atoms with Crippen LogP contribution in [-0.4, -0.2) is 45.2 Å². The molecule has 2 atom stereocenters. The number of rotatable bonds is 11. The highest BCUT2D eigenvalue weighted by Gasteiger charge is 2.40. The fourth-order valence-corrected chi connectivity index (χ4v) is 4.12. The molecule has 35 heavy (non-hydrogen) atoms. The zero-order valence-corrected chi connectivity index (χ0v) is 25.1. The fourth-order valence-electron chi connectivity index (χ4n) is 2.73. The molecule has 0 fully saturated rings. The van der Waals surface area contributed by atoms with Gasteiger partial charge in [0.15, 0.2) is 8.32 Å². The van der Waals surface area contributed by atoms with Gasteiger partial charge in [0.1, 0.15) is 5.60 Å². The van der Waals surface area contributed by atoms with E-state index in [1.54, 1.807) is 13.0 Å². The maximum atomic E-state index is 11.9. The second-order valence-corrected chi connectivity index (χ2v) is 16.2. The highest BCUT2D eigenvalue weighted by Crippen LogP contribution is 2.39. The first-order valence-electron chi connectivity index (χ1n) is 12.4. The van der Waals surface area contributed by atoms with Crippen LogP contribution in [-0.2, 0) is 18.7 Å². The lowest BCUT2D eigenvalue weighted by molar-refractivity contribution is -0.137. The highest BCUT2D eigenvalue weighted by molar-refractivity contribution is 6.74. The molecule has 0 saturated heterocycles. The van der Waals surface area contributed by atoms with E-state index in [0.29, 0.717) is 13.2 Å². The van der Waals surface area contributed by atoms with Crippen molar-refractivity contribution in [1.29, 1.82) is 0 Å². The minimum atomic E-state index is -2.04. The van der Waals surface area contributed by atoms with Crippen LogP contribution in [0.1, 0.15) is 69.2 Å². The normalized spacial score (nSPS) is 15.9. The Labute approximate surface area is 215 Å². The molecule has 6 nitrogen and oxygen atoms in total. The molecule has 0 aliphatic carbocycles. The van der Waals surface area contributed by atoms with E-state index in [2.05, 4.69) is 59.1 Å². The van der Waals surface area contributed by atoms with Crippen molar-refractivity contribution in [1.82, 2.24) is 5.32 Å². The Kier molecular flexibility index (Phi) is 13.6. The molecular weight excluding hydrogens is 458 g/mol. The Morgan fingerprint density at radius 1 is 1.00 bits per heavy atom. The molecule has 0 spiro atoms. The summed E-state index contributed by atoms with van der Waals surface area (Å²) in [4.78, 5) is 23.4. The van der Waals surface area contributed by atoms with E-state index in [1.165, 1.54) is 6.08 Å². The number of carbonyl (C=O) groups excluding carboxylic acids is 2. The third-order valence-corrected chi connectivity index (χ3v) is 10.2. The van der Waals surface area contributed by atoms with Crippen molar-refractivity contribution in [3.8, 4) is 0 Å². The summed E-state index contributed by atoms with van der Waals surface area (Å²) in [6, 6.07) is 0. The van der Waals surface area contributed by atoms with E-state index in [-0.39, 0.29) is 23.0 Å². The smallest absolute Gasteiger partial charge is 0.407 e. The summed E-state index contributed by atoms with van der Waals surface area (Å²) in [5.41, 5.74) is 1.57. The molecule has 0 rings (SSSR count). The first-order valence-corrected chi connectivity index (χ1v) is 15.3. The van der Waals surface area contributed by atoms with Crippen molar-refractivity contribution in [3.05, 3.63) is 47.6 Å². The van der Waals surface area contributed by atoms with Crippen LogP contribution in [0.25, 0.3) is 0 Å². The third kappa shape index (κ3) is 14.1. The summed E-state index contributed by atoms with van der Waals surface area (Å²) < 4.78 is 17.0. The summed E-state index contributed by atoms with van der Waals surface area (Å²) >= 11 is 0. The van der Waals surface area contributed by atoms with Crippen LogP contribution in [0.5, 0.6) is 0 Å². The van der Waals surface area contributed by atoms with E-state index in [9.17, 15) is 9.59 Å². The number of carbonyl (C=O) groups is 2. The SMILES string of the molecule is CCOC(=O)/C=C/C=C/[C@@H](C)[C@H](O[Si](C)(C)C(C)(C)C)/C(C)=C/C=C(\C)CNC(=O)OC(C)(C)C. The average molecular weight is 508 g/mol. The monoisotopic (exact) mass is 507 g/mol. The quantitative estimate of drug-likeness (QED) is 0.140. The topological polar surface area (TPSA) is 73.9 Å². The minimum Gasteiger partial charge on any atom is -0.463 e. The number of nitrogens with one attached hydrogen (secondary N) is 1. The number of ether oxygens (including phenoxy) is 2. The van der Waals surface area contributed by atoms with Crippen molar-refractivity contribution in [2.75, 3.05) is 13.2 Å². The molecule has 1 amide bonds. The molecule has 0 aromatic rings. The first kappa shape index (κ1) is 32.9. The van der Waals surface area contributed by atoms with Crippen molar-refractivity contribution >= 4 is 20.4 Å². The molecule has 0 aromatic carbocycles. The number of hydrogen-bond donors (Lipinski definition) is 1. The van der Waals surface area contributed by atoms with Crippen molar-refractivity contribution < 1.29 is 23.5 Å². The Morgan fingerprint density at radius 3 is 2.11 bits per heavy atom. The lowest BCUT2D eigenvalue weighted by Gasteiger charge is -2.41. The van der Waals surface area contributed by atoms with E-state index in [4.69, 9.17) is 13.9 Å². The van der Waals surface area contributed by atoms with Gasteiger partial charge in [0.05, 0.1) is 12.7 Å². The number of amides is 1. The van der Waals surface area contributed by atoms with Gasteiger partial charge < -0.3 is 19.2 Å². The van der Waals surface area contributed by atoms with Gasteiger partial charge in [0.2, 0.25) is 0 Å². The molecule has 0 saturated carbocycles. The van der Waals surface area contributed by atoms with Gasteiger partial charge in [-0.3, -0.25) is 0 Å². The van der Waals surface area contributed by atoms with Crippen molar-refractivity contribution in [2.45, 2.75) is 99.1 Å². The van der Waals surface area contributed by atoms with Crippen LogP contribution in [0.4, 0.5) is 4.79 Å². The summed E-state index contributed by atoms with van der Waals surface area (Å²) in [6.07, 6.45) is 10.5. The minimum absolute atomic E-state index is 0.0713. The molecule has 0 aromatic heterocycles. The predicted octanol–water partition coefficient (Wildman–Crippen LogP) is 7.11. The molecule has 0 heterocycles. The van der Waals surface area contributed by atoms with Gasteiger partial charge in [-0.25, -0.2) is 9.59 Å². The van der Waals surface area contributed by atoms with Crippen LogP contribution >= 0.6 is 0 Å². The lowest BCUT2D eigenvalue weighted by Crippen LogP contribution is -2.45. The highest BCUT2D eigenvalue weighted by atomic mass is 28.4. The number of alkyl carbamates (subject to hydrolysis) is 1. The van der Waals surface area contributed by atoms with Gasteiger partial charge in [0, 0.05) is 18.5 Å². The second-order valence-electron chi connectivity index (χ2n) is 11.4. The maximum absolute atomic E-state index is 11.9. The zero-order chi connectivity index (χ0) is 27.4. The predicted molar refractivity (Wildman–Crippen MR) is 148 cm³/mol. The second kappa shape index (κ2) is 14.4. The van der Waals surface area contributed by atoms with Gasteiger partial charge in [-0.1, -0.05) is 63.6 Å². The number of allylic oxidation sites excluding steroid dienone is 4. The van der Waals surface area contributed by atoms with Gasteiger partial charge in [-0.2, -0.15) is 0 Å². The van der Waals surface area contributed by atoms with Crippen molar-refractivity contribution in [2.24, 2.45) is 5.92 Å². The van der Waals surface area contributed by atoms with Crippen LogP contribution in [0.3, 0.4) is 0 Å². The van der Waals surface area contributed by atoms with Gasteiger partial charge in [-0.15, -0.1) is 0 Å².